The predicted molar refractivity (Wildman–Crippen MR) is 88.4 cm³/mol. The van der Waals surface area contributed by atoms with Crippen molar-refractivity contribution >= 4 is 0 Å². The molecule has 0 aliphatic heterocycles. The summed E-state index contributed by atoms with van der Waals surface area (Å²) in [6, 6.07) is 7.68. The van der Waals surface area contributed by atoms with Crippen molar-refractivity contribution in [2.75, 3.05) is 6.54 Å². The van der Waals surface area contributed by atoms with Crippen LogP contribution in [0.25, 0.3) is 0 Å². The quantitative estimate of drug-likeness (QED) is 0.772. The third-order valence-corrected chi connectivity index (χ3v) is 5.63. The van der Waals surface area contributed by atoms with Crippen LogP contribution >= 0.6 is 0 Å². The molecule has 1 heteroatoms. The van der Waals surface area contributed by atoms with Crippen molar-refractivity contribution in [3.05, 3.63) is 34.9 Å². The van der Waals surface area contributed by atoms with E-state index in [0.717, 1.165) is 12.5 Å². The predicted octanol–water partition coefficient (Wildman–Crippen LogP) is 4.97. The number of nitrogens with one attached hydrogen (secondary N) is 1. The van der Waals surface area contributed by atoms with E-state index in [1.165, 1.54) is 36.8 Å². The highest BCUT2D eigenvalue weighted by molar-refractivity contribution is 5.37. The molecule has 0 bridgehead atoms. The van der Waals surface area contributed by atoms with E-state index < -0.39 is 0 Å². The molecule has 1 aliphatic carbocycles. The van der Waals surface area contributed by atoms with Gasteiger partial charge in [-0.05, 0) is 68.5 Å². The van der Waals surface area contributed by atoms with Crippen LogP contribution in [0.1, 0.15) is 69.1 Å². The van der Waals surface area contributed by atoms with Crippen LogP contribution in [0.4, 0.5) is 0 Å². The van der Waals surface area contributed by atoms with E-state index in [1.54, 1.807) is 5.56 Å². The Morgan fingerprint density at radius 1 is 1.15 bits per heavy atom. The minimum absolute atomic E-state index is 0.466. The topological polar surface area (TPSA) is 12.0 Å². The highest BCUT2D eigenvalue weighted by Crippen LogP contribution is 2.57. The van der Waals surface area contributed by atoms with Gasteiger partial charge in [0.2, 0.25) is 0 Å². The van der Waals surface area contributed by atoms with Crippen LogP contribution in [0.3, 0.4) is 0 Å². The third kappa shape index (κ3) is 2.53. The number of hydrogen-bond donors (Lipinski definition) is 1. The maximum absolute atomic E-state index is 3.80. The fourth-order valence-corrected chi connectivity index (χ4v) is 4.20. The molecule has 1 saturated carbocycles. The monoisotopic (exact) mass is 273 g/mol. The van der Waals surface area contributed by atoms with Gasteiger partial charge < -0.3 is 5.32 Å². The van der Waals surface area contributed by atoms with Gasteiger partial charge in [0, 0.05) is 6.04 Å². The molecule has 20 heavy (non-hydrogen) atoms. The lowest BCUT2D eigenvalue weighted by atomic mass is 9.51. The van der Waals surface area contributed by atoms with E-state index in [-0.39, 0.29) is 0 Å². The summed E-state index contributed by atoms with van der Waals surface area (Å²) in [5, 5.41) is 3.80. The first-order valence-electron chi connectivity index (χ1n) is 8.39. The van der Waals surface area contributed by atoms with E-state index in [1.807, 2.05) is 0 Å². The first-order chi connectivity index (χ1) is 9.58. The molecule has 2 atom stereocenters. The normalized spacial score (nSPS) is 24.4. The van der Waals surface area contributed by atoms with Gasteiger partial charge in [0.05, 0.1) is 0 Å². The molecule has 112 valence electrons. The molecule has 2 unspecified atom stereocenters. The second-order valence-electron chi connectivity index (χ2n) is 6.60. The summed E-state index contributed by atoms with van der Waals surface area (Å²) in [6.45, 7) is 12.7. The van der Waals surface area contributed by atoms with Crippen LogP contribution in [0.15, 0.2) is 18.2 Å². The second-order valence-corrected chi connectivity index (χ2v) is 6.60. The van der Waals surface area contributed by atoms with E-state index in [4.69, 9.17) is 0 Å². The Morgan fingerprint density at radius 3 is 2.45 bits per heavy atom. The van der Waals surface area contributed by atoms with Gasteiger partial charge in [0.1, 0.15) is 0 Å². The summed E-state index contributed by atoms with van der Waals surface area (Å²) < 4.78 is 0. The maximum Gasteiger partial charge on any atom is 0.0135 e. The number of aryl methyl sites for hydroxylation is 2. The minimum atomic E-state index is 0.466. The lowest BCUT2D eigenvalue weighted by molar-refractivity contribution is 0.0198. The Labute approximate surface area is 125 Å². The average Bonchev–Trinajstić information content (AvgIpc) is 2.43. The maximum atomic E-state index is 3.80. The fraction of sp³-hybridized carbons (Fsp3) is 0.684. The molecular formula is C19H31N. The smallest absolute Gasteiger partial charge is 0.0135 e. The van der Waals surface area contributed by atoms with Gasteiger partial charge in [-0.1, -0.05) is 44.5 Å². The molecule has 1 N–H and O–H groups in total. The summed E-state index contributed by atoms with van der Waals surface area (Å²) in [5.74, 6) is 0.742. The molecule has 0 saturated heterocycles. The molecule has 0 radical (unpaired) electrons. The second kappa shape index (κ2) is 6.30. The van der Waals surface area contributed by atoms with Crippen molar-refractivity contribution in [3.63, 3.8) is 0 Å². The van der Waals surface area contributed by atoms with E-state index >= 15 is 0 Å². The van der Waals surface area contributed by atoms with Crippen LogP contribution in [-0.4, -0.2) is 12.6 Å². The van der Waals surface area contributed by atoms with E-state index in [0.29, 0.717) is 11.5 Å². The Balaban J connectivity index is 2.26. The van der Waals surface area contributed by atoms with Gasteiger partial charge in [-0.25, -0.2) is 0 Å². The van der Waals surface area contributed by atoms with Crippen LogP contribution < -0.4 is 5.32 Å². The first-order valence-corrected chi connectivity index (χ1v) is 8.39. The van der Waals surface area contributed by atoms with Crippen LogP contribution in [-0.2, 0) is 0 Å². The van der Waals surface area contributed by atoms with Gasteiger partial charge in [0.25, 0.3) is 0 Å². The molecule has 1 aromatic carbocycles. The lowest BCUT2D eigenvalue weighted by Crippen LogP contribution is -2.58. The summed E-state index contributed by atoms with van der Waals surface area (Å²) in [6.07, 6.45) is 5.10. The standard InChI is InChI=1S/C19H31N/c1-6-11-20-18-13-17(19(18,7-2)8-3)16-12-14(4)9-10-15(16)5/h9-10,12,17-18,20H,6-8,11,13H2,1-5H3. The van der Waals surface area contributed by atoms with Gasteiger partial charge in [-0.2, -0.15) is 0 Å². The van der Waals surface area contributed by atoms with Crippen molar-refractivity contribution in [3.8, 4) is 0 Å². The molecule has 1 fully saturated rings. The van der Waals surface area contributed by atoms with Gasteiger partial charge in [-0.15, -0.1) is 0 Å². The zero-order valence-corrected chi connectivity index (χ0v) is 13.9. The summed E-state index contributed by atoms with van der Waals surface area (Å²) in [4.78, 5) is 0. The van der Waals surface area contributed by atoms with E-state index in [2.05, 4.69) is 58.1 Å². The number of benzene rings is 1. The molecule has 1 aliphatic rings. The summed E-state index contributed by atoms with van der Waals surface area (Å²) in [7, 11) is 0. The Bertz CT molecular complexity index is 445. The Hall–Kier alpha value is -0.820. The molecular weight excluding hydrogens is 242 g/mol. The largest absolute Gasteiger partial charge is 0.313 e. The molecule has 0 aromatic heterocycles. The van der Waals surface area contributed by atoms with E-state index in [9.17, 15) is 0 Å². The average molecular weight is 273 g/mol. The van der Waals surface area contributed by atoms with Crippen molar-refractivity contribution in [1.82, 2.24) is 5.32 Å². The summed E-state index contributed by atoms with van der Waals surface area (Å²) >= 11 is 0. The lowest BCUT2D eigenvalue weighted by Gasteiger charge is -2.57. The molecule has 0 spiro atoms. The number of rotatable bonds is 6. The molecule has 1 nitrogen and oxygen atoms in total. The third-order valence-electron chi connectivity index (χ3n) is 5.63. The molecule has 0 heterocycles. The Kier molecular flexibility index (Phi) is 4.90. The van der Waals surface area contributed by atoms with Crippen LogP contribution in [0.2, 0.25) is 0 Å². The summed E-state index contributed by atoms with van der Waals surface area (Å²) in [5.41, 5.74) is 4.94. The van der Waals surface area contributed by atoms with Gasteiger partial charge in [-0.3, -0.25) is 0 Å². The minimum Gasteiger partial charge on any atom is -0.313 e. The zero-order valence-electron chi connectivity index (χ0n) is 13.9. The first kappa shape index (κ1) is 15.6. The number of hydrogen-bond acceptors (Lipinski definition) is 1. The SMILES string of the molecule is CCCNC1CC(c2cc(C)ccc2C)C1(CC)CC. The van der Waals surface area contributed by atoms with Crippen LogP contribution in [0.5, 0.6) is 0 Å². The Morgan fingerprint density at radius 2 is 1.85 bits per heavy atom. The highest BCUT2D eigenvalue weighted by Gasteiger charge is 2.52. The van der Waals surface area contributed by atoms with Crippen molar-refractivity contribution in [2.45, 2.75) is 72.3 Å². The highest BCUT2D eigenvalue weighted by atomic mass is 15.0. The van der Waals surface area contributed by atoms with Crippen LogP contribution in [0, 0.1) is 19.3 Å². The van der Waals surface area contributed by atoms with Crippen molar-refractivity contribution < 1.29 is 0 Å². The molecule has 2 rings (SSSR count). The van der Waals surface area contributed by atoms with Gasteiger partial charge >= 0.3 is 0 Å². The van der Waals surface area contributed by atoms with Gasteiger partial charge in [0.15, 0.2) is 0 Å². The van der Waals surface area contributed by atoms with Crippen molar-refractivity contribution in [2.24, 2.45) is 5.41 Å². The zero-order chi connectivity index (χ0) is 14.8. The molecule has 0 amide bonds. The fourth-order valence-electron chi connectivity index (χ4n) is 4.20. The van der Waals surface area contributed by atoms with Crippen molar-refractivity contribution in [1.29, 1.82) is 0 Å². The molecule has 1 aromatic rings.